The third-order valence-corrected chi connectivity index (χ3v) is 3.87. The third-order valence-electron chi connectivity index (χ3n) is 3.87. The quantitative estimate of drug-likeness (QED) is 0.856. The van der Waals surface area contributed by atoms with Gasteiger partial charge in [-0.1, -0.05) is 51.5 Å². The van der Waals surface area contributed by atoms with E-state index in [1.165, 1.54) is 24.8 Å². The summed E-state index contributed by atoms with van der Waals surface area (Å²) in [6, 6.07) is 8.99. The van der Waals surface area contributed by atoms with Crippen LogP contribution in [0.25, 0.3) is 0 Å². The van der Waals surface area contributed by atoms with Crippen LogP contribution in [0.3, 0.4) is 0 Å². The minimum atomic E-state index is -0.389. The molecule has 0 aromatic heterocycles. The van der Waals surface area contributed by atoms with Gasteiger partial charge in [-0.3, -0.25) is 0 Å². The molecule has 0 bridgehead atoms. The van der Waals surface area contributed by atoms with Crippen LogP contribution in [-0.2, 0) is 5.41 Å². The van der Waals surface area contributed by atoms with Crippen molar-refractivity contribution in [1.82, 2.24) is 5.32 Å². The summed E-state index contributed by atoms with van der Waals surface area (Å²) in [6.07, 6.45) is 3.46. The van der Waals surface area contributed by atoms with Crippen LogP contribution in [-0.4, -0.2) is 17.7 Å². The molecule has 1 saturated carbocycles. The lowest BCUT2D eigenvalue weighted by atomic mass is 9.86. The molecule has 0 amide bonds. The molecule has 0 radical (unpaired) electrons. The summed E-state index contributed by atoms with van der Waals surface area (Å²) >= 11 is 0. The first kappa shape index (κ1) is 13.6. The number of rotatable bonds is 4. The molecule has 1 aliphatic carbocycles. The highest BCUT2D eigenvalue weighted by Gasteiger charge is 2.19. The Hall–Kier alpha value is -0.860. The van der Waals surface area contributed by atoms with Crippen LogP contribution >= 0.6 is 0 Å². The summed E-state index contributed by atoms with van der Waals surface area (Å²) in [5, 5.41) is 13.5. The topological polar surface area (TPSA) is 32.3 Å². The minimum absolute atomic E-state index is 0.174. The first-order valence-electron chi connectivity index (χ1n) is 6.99. The maximum atomic E-state index is 10.1. The zero-order valence-electron chi connectivity index (χ0n) is 11.7. The zero-order valence-corrected chi connectivity index (χ0v) is 11.7. The zero-order chi connectivity index (χ0) is 13.2. The molecule has 1 aromatic carbocycles. The van der Waals surface area contributed by atoms with Crippen LogP contribution in [0.4, 0.5) is 0 Å². The predicted molar refractivity (Wildman–Crippen MR) is 75.7 cm³/mol. The van der Waals surface area contributed by atoms with Gasteiger partial charge in [-0.05, 0) is 29.4 Å². The van der Waals surface area contributed by atoms with E-state index in [1.807, 2.05) is 12.1 Å². The molecular formula is C16H25NO. The fourth-order valence-corrected chi connectivity index (χ4v) is 2.21. The van der Waals surface area contributed by atoms with Gasteiger partial charge in [-0.2, -0.15) is 0 Å². The van der Waals surface area contributed by atoms with Crippen molar-refractivity contribution in [1.29, 1.82) is 0 Å². The Morgan fingerprint density at radius 2 is 1.83 bits per heavy atom. The van der Waals surface area contributed by atoms with Gasteiger partial charge in [0.1, 0.15) is 0 Å². The molecule has 1 unspecified atom stereocenters. The Labute approximate surface area is 110 Å². The van der Waals surface area contributed by atoms with E-state index in [1.54, 1.807) is 0 Å². The lowest BCUT2D eigenvalue weighted by molar-refractivity contribution is 0.161. The number of aliphatic hydroxyl groups is 1. The highest BCUT2D eigenvalue weighted by molar-refractivity contribution is 5.28. The van der Waals surface area contributed by atoms with Crippen molar-refractivity contribution >= 4 is 0 Å². The van der Waals surface area contributed by atoms with Crippen molar-refractivity contribution in [2.75, 3.05) is 6.54 Å². The second kappa shape index (κ2) is 5.41. The molecule has 1 fully saturated rings. The second-order valence-electron chi connectivity index (χ2n) is 6.42. The molecule has 2 rings (SSSR count). The molecule has 2 nitrogen and oxygen atoms in total. The van der Waals surface area contributed by atoms with Crippen LogP contribution in [0.1, 0.15) is 57.3 Å². The van der Waals surface area contributed by atoms with Crippen molar-refractivity contribution in [3.63, 3.8) is 0 Å². The standard InChI is InChI=1S/C16H25NO/c1-16(2,3)13-9-7-12(8-10-13)15(18)11-17-14-5-4-6-14/h7-10,14-15,17-18H,4-6,11H2,1-3H3. The lowest BCUT2D eigenvalue weighted by Gasteiger charge is -2.28. The van der Waals surface area contributed by atoms with Crippen molar-refractivity contribution in [2.45, 2.75) is 57.6 Å². The van der Waals surface area contributed by atoms with E-state index in [4.69, 9.17) is 0 Å². The Kier molecular flexibility index (Phi) is 4.08. The van der Waals surface area contributed by atoms with Crippen molar-refractivity contribution in [2.24, 2.45) is 0 Å². The van der Waals surface area contributed by atoms with Crippen LogP contribution in [0, 0.1) is 0 Å². The Morgan fingerprint density at radius 3 is 2.28 bits per heavy atom. The van der Waals surface area contributed by atoms with Crippen molar-refractivity contribution in [3.8, 4) is 0 Å². The van der Waals surface area contributed by atoms with Gasteiger partial charge >= 0.3 is 0 Å². The van der Waals surface area contributed by atoms with E-state index in [-0.39, 0.29) is 11.5 Å². The summed E-state index contributed by atoms with van der Waals surface area (Å²) in [7, 11) is 0. The number of nitrogens with one attached hydrogen (secondary N) is 1. The minimum Gasteiger partial charge on any atom is -0.387 e. The lowest BCUT2D eigenvalue weighted by Crippen LogP contribution is -2.37. The first-order valence-corrected chi connectivity index (χ1v) is 6.99. The molecule has 0 heterocycles. The van der Waals surface area contributed by atoms with Crippen molar-refractivity contribution in [3.05, 3.63) is 35.4 Å². The van der Waals surface area contributed by atoms with E-state index in [0.717, 1.165) is 5.56 Å². The molecular weight excluding hydrogens is 222 g/mol. The summed E-state index contributed by atoms with van der Waals surface area (Å²) in [5.41, 5.74) is 2.49. The number of hydrogen-bond donors (Lipinski definition) is 2. The fraction of sp³-hybridized carbons (Fsp3) is 0.625. The van der Waals surface area contributed by atoms with Crippen LogP contribution in [0.15, 0.2) is 24.3 Å². The fourth-order valence-electron chi connectivity index (χ4n) is 2.21. The Morgan fingerprint density at radius 1 is 1.22 bits per heavy atom. The van der Waals surface area contributed by atoms with E-state index >= 15 is 0 Å². The summed E-state index contributed by atoms with van der Waals surface area (Å²) < 4.78 is 0. The molecule has 1 aliphatic rings. The van der Waals surface area contributed by atoms with Gasteiger partial charge in [-0.25, -0.2) is 0 Å². The van der Waals surface area contributed by atoms with E-state index in [2.05, 4.69) is 38.2 Å². The predicted octanol–water partition coefficient (Wildman–Crippen LogP) is 3.16. The van der Waals surface area contributed by atoms with Gasteiger partial charge in [-0.15, -0.1) is 0 Å². The van der Waals surface area contributed by atoms with Crippen LogP contribution in [0.2, 0.25) is 0 Å². The molecule has 18 heavy (non-hydrogen) atoms. The Bertz CT molecular complexity index is 373. The molecule has 2 heteroatoms. The number of benzene rings is 1. The van der Waals surface area contributed by atoms with Gasteiger partial charge in [0.15, 0.2) is 0 Å². The molecule has 1 aromatic rings. The SMILES string of the molecule is CC(C)(C)c1ccc(C(O)CNC2CCC2)cc1. The molecule has 0 saturated heterocycles. The number of aliphatic hydroxyl groups excluding tert-OH is 1. The summed E-state index contributed by atoms with van der Waals surface area (Å²) in [6.45, 7) is 7.28. The molecule has 2 N–H and O–H groups in total. The average molecular weight is 247 g/mol. The monoisotopic (exact) mass is 247 g/mol. The largest absolute Gasteiger partial charge is 0.387 e. The van der Waals surface area contributed by atoms with Gasteiger partial charge < -0.3 is 10.4 Å². The maximum Gasteiger partial charge on any atom is 0.0914 e. The normalized spacial score (nSPS) is 18.4. The average Bonchev–Trinajstić information content (AvgIpc) is 2.26. The molecule has 0 aliphatic heterocycles. The first-order chi connectivity index (χ1) is 8.47. The second-order valence-corrected chi connectivity index (χ2v) is 6.42. The highest BCUT2D eigenvalue weighted by atomic mass is 16.3. The van der Waals surface area contributed by atoms with E-state index in [0.29, 0.717) is 12.6 Å². The molecule has 0 spiro atoms. The van der Waals surface area contributed by atoms with Crippen LogP contribution < -0.4 is 5.32 Å². The third kappa shape index (κ3) is 3.33. The van der Waals surface area contributed by atoms with Gasteiger partial charge in [0.05, 0.1) is 6.10 Å². The smallest absolute Gasteiger partial charge is 0.0914 e. The summed E-state index contributed by atoms with van der Waals surface area (Å²) in [5.74, 6) is 0. The van der Waals surface area contributed by atoms with Gasteiger partial charge in [0.2, 0.25) is 0 Å². The number of hydrogen-bond acceptors (Lipinski definition) is 2. The van der Waals surface area contributed by atoms with Gasteiger partial charge in [0.25, 0.3) is 0 Å². The summed E-state index contributed by atoms with van der Waals surface area (Å²) in [4.78, 5) is 0. The van der Waals surface area contributed by atoms with E-state index in [9.17, 15) is 5.11 Å². The van der Waals surface area contributed by atoms with E-state index < -0.39 is 0 Å². The van der Waals surface area contributed by atoms with Gasteiger partial charge in [0, 0.05) is 12.6 Å². The molecule has 100 valence electrons. The highest BCUT2D eigenvalue weighted by Crippen LogP contribution is 2.24. The van der Waals surface area contributed by atoms with Crippen molar-refractivity contribution < 1.29 is 5.11 Å². The maximum absolute atomic E-state index is 10.1. The molecule has 1 atom stereocenters. The van der Waals surface area contributed by atoms with Crippen LogP contribution in [0.5, 0.6) is 0 Å². The Balaban J connectivity index is 1.91.